The third kappa shape index (κ3) is 2.21. The second-order valence-corrected chi connectivity index (χ2v) is 1.27. The predicted octanol–water partition coefficient (Wildman–Crippen LogP) is 1.25. The van der Waals surface area contributed by atoms with Crippen LogP contribution in [0.4, 0.5) is 0 Å². The first kappa shape index (κ1) is 5.96. The summed E-state index contributed by atoms with van der Waals surface area (Å²) in [4.78, 5) is 0. The van der Waals surface area contributed by atoms with Crippen molar-refractivity contribution in [3.63, 3.8) is 0 Å². The highest BCUT2D eigenvalue weighted by Crippen LogP contribution is 1.88. The molecule has 0 aliphatic heterocycles. The van der Waals surface area contributed by atoms with E-state index in [4.69, 9.17) is 4.74 Å². The van der Waals surface area contributed by atoms with E-state index >= 15 is 0 Å². The zero-order valence-electron chi connectivity index (χ0n) is 4.56. The maximum Gasteiger partial charge on any atom is 0.0322 e. The Hall–Kier alpha value is -0.0400. The summed E-state index contributed by atoms with van der Waals surface area (Å²) in [6, 6.07) is 0. The molecular formula is C5H11O-. The van der Waals surface area contributed by atoms with Crippen LogP contribution in [-0.2, 0) is 4.74 Å². The molecule has 0 aromatic heterocycles. The van der Waals surface area contributed by atoms with Crippen molar-refractivity contribution in [1.82, 2.24) is 0 Å². The van der Waals surface area contributed by atoms with Gasteiger partial charge < -0.3 is 11.2 Å². The number of ether oxygens (including phenoxy) is 1. The molecule has 6 heavy (non-hydrogen) atoms. The first-order chi connectivity index (χ1) is 2.81. The lowest BCUT2D eigenvalue weighted by Gasteiger charge is -2.12. The SMILES string of the molecule is C[CH-]C(C)OC. The minimum atomic E-state index is 0.310. The number of hydrogen-bond donors (Lipinski definition) is 0. The van der Waals surface area contributed by atoms with Gasteiger partial charge in [-0.15, -0.1) is 0 Å². The highest BCUT2D eigenvalue weighted by molar-refractivity contribution is 4.63. The Morgan fingerprint density at radius 2 is 2.17 bits per heavy atom. The van der Waals surface area contributed by atoms with Crippen molar-refractivity contribution in [2.24, 2.45) is 0 Å². The summed E-state index contributed by atoms with van der Waals surface area (Å²) in [6.45, 7) is 3.98. The maximum atomic E-state index is 4.84. The summed E-state index contributed by atoms with van der Waals surface area (Å²) in [6.07, 6.45) is 2.31. The lowest BCUT2D eigenvalue weighted by Crippen LogP contribution is -2.01. The molecule has 0 aliphatic rings. The van der Waals surface area contributed by atoms with E-state index < -0.39 is 0 Å². The molecule has 0 saturated heterocycles. The Labute approximate surface area is 39.3 Å². The van der Waals surface area contributed by atoms with E-state index in [0.29, 0.717) is 6.10 Å². The monoisotopic (exact) mass is 87.1 g/mol. The van der Waals surface area contributed by atoms with Crippen LogP contribution in [0.1, 0.15) is 13.8 Å². The third-order valence-electron chi connectivity index (χ3n) is 0.841. The van der Waals surface area contributed by atoms with E-state index in [2.05, 4.69) is 0 Å². The fourth-order valence-electron chi connectivity index (χ4n) is 0.136. The normalized spacial score (nSPS) is 14.5. The van der Waals surface area contributed by atoms with Gasteiger partial charge in [-0.05, 0) is 0 Å². The quantitative estimate of drug-likeness (QED) is 0.460. The Morgan fingerprint density at radius 3 is 2.17 bits per heavy atom. The Morgan fingerprint density at radius 1 is 1.67 bits per heavy atom. The molecule has 0 N–H and O–H groups in total. The van der Waals surface area contributed by atoms with Gasteiger partial charge in [0.2, 0.25) is 0 Å². The van der Waals surface area contributed by atoms with Crippen molar-refractivity contribution in [3.05, 3.63) is 6.42 Å². The van der Waals surface area contributed by atoms with Gasteiger partial charge in [0.05, 0.1) is 0 Å². The summed E-state index contributed by atoms with van der Waals surface area (Å²) in [5.41, 5.74) is 0. The molecule has 0 aromatic rings. The standard InChI is InChI=1S/C5H11O/c1-4-5(2)6-3/h4-5H,1-3H3/q-1. The molecule has 0 aromatic carbocycles. The summed E-state index contributed by atoms with van der Waals surface area (Å²) < 4.78 is 4.84. The lowest BCUT2D eigenvalue weighted by atomic mass is 10.3. The predicted molar refractivity (Wildman–Crippen MR) is 26.4 cm³/mol. The van der Waals surface area contributed by atoms with Crippen LogP contribution < -0.4 is 0 Å². The van der Waals surface area contributed by atoms with Gasteiger partial charge in [-0.2, -0.15) is 6.92 Å². The first-order valence-electron chi connectivity index (χ1n) is 2.13. The molecule has 0 saturated carbocycles. The summed E-state index contributed by atoms with van der Waals surface area (Å²) in [5.74, 6) is 0. The van der Waals surface area contributed by atoms with Gasteiger partial charge in [0.25, 0.3) is 0 Å². The molecule has 0 radical (unpaired) electrons. The minimum Gasteiger partial charge on any atom is -0.413 e. The van der Waals surface area contributed by atoms with Crippen LogP contribution in [0.5, 0.6) is 0 Å². The van der Waals surface area contributed by atoms with Gasteiger partial charge >= 0.3 is 0 Å². The highest BCUT2D eigenvalue weighted by atomic mass is 16.5. The average molecular weight is 87.1 g/mol. The van der Waals surface area contributed by atoms with Crippen LogP contribution in [0, 0.1) is 6.42 Å². The largest absolute Gasteiger partial charge is 0.413 e. The van der Waals surface area contributed by atoms with Gasteiger partial charge in [-0.1, -0.05) is 13.0 Å². The van der Waals surface area contributed by atoms with E-state index in [0.717, 1.165) is 0 Å². The van der Waals surface area contributed by atoms with E-state index in [1.54, 1.807) is 7.11 Å². The molecule has 0 aliphatic carbocycles. The number of rotatable bonds is 2. The van der Waals surface area contributed by atoms with E-state index in [9.17, 15) is 0 Å². The molecule has 0 rings (SSSR count). The van der Waals surface area contributed by atoms with Gasteiger partial charge in [0, 0.05) is 7.11 Å². The van der Waals surface area contributed by atoms with Crippen molar-refractivity contribution >= 4 is 0 Å². The van der Waals surface area contributed by atoms with Gasteiger partial charge in [0.1, 0.15) is 0 Å². The maximum absolute atomic E-state index is 4.84. The van der Waals surface area contributed by atoms with E-state index in [-0.39, 0.29) is 0 Å². The second-order valence-electron chi connectivity index (χ2n) is 1.27. The van der Waals surface area contributed by atoms with E-state index in [1.165, 1.54) is 0 Å². The first-order valence-corrected chi connectivity index (χ1v) is 2.13. The number of hydrogen-bond acceptors (Lipinski definition) is 1. The fraction of sp³-hybridized carbons (Fsp3) is 0.800. The van der Waals surface area contributed by atoms with Crippen LogP contribution in [-0.4, -0.2) is 13.2 Å². The average Bonchev–Trinajstić information content (AvgIpc) is 1.65. The summed E-state index contributed by atoms with van der Waals surface area (Å²) in [7, 11) is 1.70. The van der Waals surface area contributed by atoms with Gasteiger partial charge in [0.15, 0.2) is 0 Å². The zero-order chi connectivity index (χ0) is 4.99. The van der Waals surface area contributed by atoms with Crippen molar-refractivity contribution in [1.29, 1.82) is 0 Å². The van der Waals surface area contributed by atoms with Gasteiger partial charge in [-0.25, -0.2) is 0 Å². The molecule has 1 nitrogen and oxygen atoms in total. The molecule has 0 heterocycles. The molecule has 38 valence electrons. The van der Waals surface area contributed by atoms with Crippen molar-refractivity contribution in [3.8, 4) is 0 Å². The molecule has 1 atom stereocenters. The molecule has 0 fully saturated rings. The van der Waals surface area contributed by atoms with Crippen LogP contribution in [0.25, 0.3) is 0 Å². The number of methoxy groups -OCH3 is 1. The third-order valence-corrected chi connectivity index (χ3v) is 0.841. The molecular weight excluding hydrogens is 76.1 g/mol. The van der Waals surface area contributed by atoms with Crippen molar-refractivity contribution in [2.45, 2.75) is 20.0 Å². The van der Waals surface area contributed by atoms with E-state index in [1.807, 2.05) is 20.3 Å². The Balaban J connectivity index is 2.75. The van der Waals surface area contributed by atoms with Crippen LogP contribution >= 0.6 is 0 Å². The second kappa shape index (κ2) is 3.16. The molecule has 1 heteroatoms. The molecule has 0 spiro atoms. The summed E-state index contributed by atoms with van der Waals surface area (Å²) in [5, 5.41) is 0. The molecule has 1 unspecified atom stereocenters. The zero-order valence-corrected chi connectivity index (χ0v) is 4.56. The Bertz CT molecular complexity index is 23.1. The van der Waals surface area contributed by atoms with Crippen LogP contribution in [0.3, 0.4) is 0 Å². The lowest BCUT2D eigenvalue weighted by molar-refractivity contribution is 0.144. The Kier molecular flexibility index (Phi) is 3.14. The van der Waals surface area contributed by atoms with Gasteiger partial charge in [-0.3, -0.25) is 0 Å². The topological polar surface area (TPSA) is 9.23 Å². The molecule has 0 bridgehead atoms. The highest BCUT2D eigenvalue weighted by Gasteiger charge is 1.76. The molecule has 0 amide bonds. The minimum absolute atomic E-state index is 0.310. The van der Waals surface area contributed by atoms with Crippen molar-refractivity contribution in [2.75, 3.05) is 7.11 Å². The van der Waals surface area contributed by atoms with Crippen LogP contribution in [0.15, 0.2) is 0 Å². The fourth-order valence-corrected chi connectivity index (χ4v) is 0.136. The van der Waals surface area contributed by atoms with Crippen LogP contribution in [0.2, 0.25) is 0 Å². The van der Waals surface area contributed by atoms with Crippen molar-refractivity contribution < 1.29 is 4.74 Å². The smallest absolute Gasteiger partial charge is 0.0322 e. The summed E-state index contributed by atoms with van der Waals surface area (Å²) >= 11 is 0.